The molecule has 4 atom stereocenters. The van der Waals surface area contributed by atoms with Crippen LogP contribution >= 0.6 is 7.82 Å². The van der Waals surface area contributed by atoms with Crippen molar-refractivity contribution in [2.24, 2.45) is 10.9 Å². The summed E-state index contributed by atoms with van der Waals surface area (Å²) in [5.41, 5.74) is 5.41. The van der Waals surface area contributed by atoms with Crippen molar-refractivity contribution in [3.05, 3.63) is 22.7 Å². The number of hydrogen-bond donors (Lipinski definition) is 3. The minimum absolute atomic E-state index is 0.0615. The molecule has 2 rings (SSSR count). The highest BCUT2D eigenvalue weighted by Gasteiger charge is 2.58. The molecule has 1 heterocycles. The molecule has 1 saturated carbocycles. The molecule has 15 heteroatoms. The number of halogens is 2. The fourth-order valence-electron chi connectivity index (χ4n) is 5.79. The molecule has 1 aliphatic carbocycles. The zero-order valence-electron chi connectivity index (χ0n) is 28.7. The first-order valence-corrected chi connectivity index (χ1v) is 19.0. The molecule has 0 radical (unpaired) electrons. The van der Waals surface area contributed by atoms with Gasteiger partial charge in [-0.2, -0.15) is 4.98 Å². The SMILES string of the molecule is CC(C)=NCCOP(=O)(O)OCCCCCCCCCCCCCCCCCC(=O)OC[C@H]1C[C@@H](n2ccc(N)nc2=O)C(F)(F)C1O. The number of carbonyl (C=O) groups excluding carboxylic acids is 1. The summed E-state index contributed by atoms with van der Waals surface area (Å²) in [5, 5.41) is 10.2. The van der Waals surface area contributed by atoms with Gasteiger partial charge in [-0.05, 0) is 39.2 Å². The van der Waals surface area contributed by atoms with Gasteiger partial charge in [0.25, 0.3) is 5.92 Å². The van der Waals surface area contributed by atoms with Crippen molar-refractivity contribution in [3.8, 4) is 0 Å². The van der Waals surface area contributed by atoms with E-state index < -0.39 is 43.5 Å². The zero-order valence-corrected chi connectivity index (χ0v) is 29.6. The third-order valence-electron chi connectivity index (χ3n) is 8.51. The number of aliphatic hydroxyl groups is 1. The zero-order chi connectivity index (χ0) is 35.4. The molecule has 0 spiro atoms. The van der Waals surface area contributed by atoms with Crippen molar-refractivity contribution in [3.63, 3.8) is 0 Å². The van der Waals surface area contributed by atoms with Crippen molar-refractivity contribution in [1.29, 1.82) is 0 Å². The standard InChI is InChI=1S/C33H57F2N4O8P/c1-26(2)37-20-23-47-48(43,44)46-22-17-15-13-11-9-7-5-3-4-6-8-10-12-14-16-18-30(40)45-25-27-24-28(33(34,35)31(27)41)39-21-19-29(36)38-32(39)42/h19,21,27-28,31,41H,3-18,20,22-25H2,1-2H3,(H,43,44)(H2,36,38,42)/t27-,28-,31?/m1/s1. The number of nitrogens with two attached hydrogens (primary N) is 1. The number of aliphatic imine (C=N–C) groups is 1. The van der Waals surface area contributed by atoms with Crippen molar-refractivity contribution >= 4 is 25.3 Å². The molecular weight excluding hydrogens is 649 g/mol. The van der Waals surface area contributed by atoms with Crippen LogP contribution in [0, 0.1) is 5.92 Å². The molecule has 1 aliphatic rings. The number of rotatable bonds is 26. The maximum absolute atomic E-state index is 14.7. The summed E-state index contributed by atoms with van der Waals surface area (Å²) in [4.78, 5) is 41.4. The molecule has 4 N–H and O–H groups in total. The number of ether oxygens (including phenoxy) is 1. The number of nitrogens with zero attached hydrogens (tertiary/aromatic N) is 3. The Morgan fingerprint density at radius 3 is 2.04 bits per heavy atom. The lowest BCUT2D eigenvalue weighted by molar-refractivity contribution is -0.150. The second kappa shape index (κ2) is 22.5. The average molecular weight is 707 g/mol. The Hall–Kier alpha value is -2.25. The molecule has 48 heavy (non-hydrogen) atoms. The minimum Gasteiger partial charge on any atom is -0.465 e. The number of nitrogen functional groups attached to an aromatic ring is 1. The van der Waals surface area contributed by atoms with Gasteiger partial charge in [-0.3, -0.25) is 23.4 Å². The Balaban J connectivity index is 1.38. The number of alkyl halides is 2. The van der Waals surface area contributed by atoms with Crippen LogP contribution in [0.2, 0.25) is 0 Å². The maximum Gasteiger partial charge on any atom is 0.472 e. The Morgan fingerprint density at radius 1 is 0.979 bits per heavy atom. The molecule has 2 unspecified atom stereocenters. The van der Waals surface area contributed by atoms with E-state index in [1.165, 1.54) is 44.6 Å². The van der Waals surface area contributed by atoms with Gasteiger partial charge < -0.3 is 20.5 Å². The first-order chi connectivity index (χ1) is 22.8. The van der Waals surface area contributed by atoms with Crippen LogP contribution in [0.5, 0.6) is 0 Å². The van der Waals surface area contributed by atoms with E-state index in [4.69, 9.17) is 19.5 Å². The van der Waals surface area contributed by atoms with Crippen LogP contribution in [0.15, 0.2) is 22.1 Å². The van der Waals surface area contributed by atoms with Crippen LogP contribution < -0.4 is 11.4 Å². The minimum atomic E-state index is -3.99. The second-order valence-corrected chi connectivity index (χ2v) is 14.3. The van der Waals surface area contributed by atoms with E-state index in [1.54, 1.807) is 0 Å². The van der Waals surface area contributed by atoms with Crippen LogP contribution in [0.1, 0.15) is 129 Å². The molecule has 0 bridgehead atoms. The highest BCUT2D eigenvalue weighted by atomic mass is 31.2. The Bertz CT molecular complexity index is 1210. The molecule has 1 aromatic rings. The van der Waals surface area contributed by atoms with Gasteiger partial charge in [0.1, 0.15) is 18.0 Å². The predicted molar refractivity (Wildman–Crippen MR) is 181 cm³/mol. The smallest absolute Gasteiger partial charge is 0.465 e. The Kier molecular flexibility index (Phi) is 19.6. The summed E-state index contributed by atoms with van der Waals surface area (Å²) < 4.78 is 57.1. The van der Waals surface area contributed by atoms with E-state index in [-0.39, 0.29) is 38.5 Å². The number of unbranched alkanes of at least 4 members (excludes halogenated alkanes) is 14. The van der Waals surface area contributed by atoms with Crippen LogP contribution in [0.25, 0.3) is 0 Å². The summed E-state index contributed by atoms with van der Waals surface area (Å²) in [6.07, 6.45) is 15.1. The Labute approximate surface area is 283 Å². The molecule has 276 valence electrons. The number of aromatic nitrogens is 2. The number of phosphoric ester groups is 1. The van der Waals surface area contributed by atoms with Crippen LogP contribution in [-0.2, 0) is 23.1 Å². The van der Waals surface area contributed by atoms with Crippen molar-refractivity contribution in [2.45, 2.75) is 141 Å². The summed E-state index contributed by atoms with van der Waals surface area (Å²) in [6, 6.07) is -0.345. The van der Waals surface area contributed by atoms with E-state index >= 15 is 0 Å². The summed E-state index contributed by atoms with van der Waals surface area (Å²) in [7, 11) is -3.99. The second-order valence-electron chi connectivity index (χ2n) is 12.9. The van der Waals surface area contributed by atoms with E-state index in [2.05, 4.69) is 9.98 Å². The molecule has 1 aromatic heterocycles. The van der Waals surface area contributed by atoms with Gasteiger partial charge in [0.15, 0.2) is 0 Å². The first kappa shape index (κ1) is 41.9. The fourth-order valence-corrected chi connectivity index (χ4v) is 6.54. The number of anilines is 1. The topological polar surface area (TPSA) is 176 Å². The number of hydrogen-bond acceptors (Lipinski definition) is 10. The predicted octanol–water partition coefficient (Wildman–Crippen LogP) is 6.78. The van der Waals surface area contributed by atoms with Crippen LogP contribution in [0.4, 0.5) is 14.6 Å². The molecule has 0 amide bonds. The maximum atomic E-state index is 14.7. The average Bonchev–Trinajstić information content (AvgIpc) is 3.24. The number of carbonyl (C=O) groups is 1. The van der Waals surface area contributed by atoms with Gasteiger partial charge in [0.05, 0.1) is 26.4 Å². The van der Waals surface area contributed by atoms with E-state index in [1.807, 2.05) is 13.8 Å². The molecular formula is C33H57F2N4O8P. The van der Waals surface area contributed by atoms with E-state index in [0.717, 1.165) is 67.8 Å². The highest BCUT2D eigenvalue weighted by Crippen LogP contribution is 2.46. The lowest BCUT2D eigenvalue weighted by Crippen LogP contribution is -2.41. The van der Waals surface area contributed by atoms with Gasteiger partial charge in [0.2, 0.25) is 0 Å². The number of aliphatic hydroxyl groups excluding tert-OH is 1. The van der Waals surface area contributed by atoms with Gasteiger partial charge in [0, 0.05) is 24.2 Å². The summed E-state index contributed by atoms with van der Waals surface area (Å²) in [6.45, 7) is 3.99. The lowest BCUT2D eigenvalue weighted by Gasteiger charge is -2.23. The van der Waals surface area contributed by atoms with Crippen molar-refractivity contribution < 1.29 is 41.9 Å². The molecule has 0 aliphatic heterocycles. The van der Waals surface area contributed by atoms with E-state index in [9.17, 15) is 32.9 Å². The molecule has 1 fully saturated rings. The lowest BCUT2D eigenvalue weighted by atomic mass is 10.0. The van der Waals surface area contributed by atoms with Crippen LogP contribution in [-0.4, -0.2) is 69.6 Å². The number of esters is 1. The molecule has 0 saturated heterocycles. The monoisotopic (exact) mass is 706 g/mol. The fraction of sp³-hybridized carbons (Fsp3) is 0.818. The molecule has 0 aromatic carbocycles. The van der Waals surface area contributed by atoms with Crippen LogP contribution in [0.3, 0.4) is 0 Å². The van der Waals surface area contributed by atoms with E-state index in [0.29, 0.717) is 13.0 Å². The third kappa shape index (κ3) is 16.4. The highest BCUT2D eigenvalue weighted by molar-refractivity contribution is 7.47. The quantitative estimate of drug-likeness (QED) is 0.0403. The van der Waals surface area contributed by atoms with Gasteiger partial charge in [-0.15, -0.1) is 0 Å². The van der Waals surface area contributed by atoms with Crippen molar-refractivity contribution in [2.75, 3.05) is 32.1 Å². The molecule has 12 nitrogen and oxygen atoms in total. The van der Waals surface area contributed by atoms with Crippen molar-refractivity contribution in [1.82, 2.24) is 9.55 Å². The van der Waals surface area contributed by atoms with Gasteiger partial charge >= 0.3 is 19.5 Å². The summed E-state index contributed by atoms with van der Waals surface area (Å²) in [5.74, 6) is -5.12. The number of phosphoric acid groups is 1. The largest absolute Gasteiger partial charge is 0.472 e. The Morgan fingerprint density at radius 2 is 1.50 bits per heavy atom. The third-order valence-corrected chi connectivity index (χ3v) is 9.53. The van der Waals surface area contributed by atoms with Gasteiger partial charge in [-0.1, -0.05) is 83.5 Å². The normalized spacial score (nSPS) is 20.0. The summed E-state index contributed by atoms with van der Waals surface area (Å²) >= 11 is 0. The first-order valence-electron chi connectivity index (χ1n) is 17.5. The van der Waals surface area contributed by atoms with Gasteiger partial charge in [-0.25, -0.2) is 18.1 Å².